The number of hydrogen-bond acceptors (Lipinski definition) is 4. The highest BCUT2D eigenvalue weighted by molar-refractivity contribution is 6.00. The second kappa shape index (κ2) is 6.24. The largest absolute Gasteiger partial charge is 0.493 e. The van der Waals surface area contributed by atoms with Crippen LogP contribution in [0.1, 0.15) is 38.1 Å². The Labute approximate surface area is 127 Å². The topological polar surface area (TPSA) is 64.8 Å². The van der Waals surface area contributed by atoms with Crippen LogP contribution in [-0.4, -0.2) is 38.1 Å². The fraction of sp³-hybridized carbons (Fsp3) is 0.562. The number of anilines is 1. The van der Waals surface area contributed by atoms with Crippen molar-refractivity contribution in [1.82, 2.24) is 4.90 Å². The molecule has 0 fully saturated rings. The van der Waals surface area contributed by atoms with Crippen LogP contribution in [0.25, 0.3) is 0 Å². The highest BCUT2D eigenvalue weighted by atomic mass is 16.5. The zero-order valence-corrected chi connectivity index (χ0v) is 14.0. The molecule has 0 aliphatic rings. The maximum Gasteiger partial charge on any atom is 0.256 e. The van der Waals surface area contributed by atoms with Crippen molar-refractivity contribution in [3.05, 3.63) is 17.7 Å². The molecule has 118 valence electrons. The second-order valence-electron chi connectivity index (χ2n) is 6.25. The zero-order valence-electron chi connectivity index (χ0n) is 14.0. The number of carbonyl (C=O) groups excluding carboxylic acids is 1. The molecule has 0 aliphatic carbocycles. The minimum Gasteiger partial charge on any atom is -0.493 e. The molecule has 5 nitrogen and oxygen atoms in total. The third kappa shape index (κ3) is 3.60. The van der Waals surface area contributed by atoms with Gasteiger partial charge in [0.25, 0.3) is 5.91 Å². The average Bonchev–Trinajstić information content (AvgIpc) is 2.43. The Kier molecular flexibility index (Phi) is 5.10. The molecular weight excluding hydrogens is 268 g/mol. The first kappa shape index (κ1) is 17.1. The van der Waals surface area contributed by atoms with Gasteiger partial charge in [-0.25, -0.2) is 0 Å². The Hall–Kier alpha value is -1.91. The highest BCUT2D eigenvalue weighted by Gasteiger charge is 2.29. The lowest BCUT2D eigenvalue weighted by Gasteiger charge is -2.35. The third-order valence-corrected chi connectivity index (χ3v) is 3.94. The second-order valence-corrected chi connectivity index (χ2v) is 6.25. The van der Waals surface area contributed by atoms with Gasteiger partial charge in [0, 0.05) is 24.8 Å². The van der Waals surface area contributed by atoms with E-state index in [0.717, 1.165) is 0 Å². The predicted molar refractivity (Wildman–Crippen MR) is 85.0 cm³/mol. The number of nitrogens with two attached hydrogens (primary N) is 1. The summed E-state index contributed by atoms with van der Waals surface area (Å²) in [6.07, 6.45) is 0. The number of carbonyl (C=O) groups is 1. The number of amides is 1. The van der Waals surface area contributed by atoms with E-state index in [2.05, 4.69) is 20.8 Å². The molecule has 1 unspecified atom stereocenters. The standard InChI is InChI=1S/C16H26N2O3/c1-10(16(2,3)4)18(5)15(19)11-8-13(20-6)14(21-7)9-12(11)17/h8-10H,17H2,1-7H3. The molecular formula is C16H26N2O3. The lowest BCUT2D eigenvalue weighted by molar-refractivity contribution is 0.0630. The molecule has 0 radical (unpaired) electrons. The molecule has 0 saturated carbocycles. The third-order valence-electron chi connectivity index (χ3n) is 3.94. The Morgan fingerprint density at radius 3 is 2.10 bits per heavy atom. The molecule has 2 N–H and O–H groups in total. The van der Waals surface area contributed by atoms with Crippen LogP contribution >= 0.6 is 0 Å². The smallest absolute Gasteiger partial charge is 0.256 e. The number of nitrogens with zero attached hydrogens (tertiary/aromatic N) is 1. The van der Waals surface area contributed by atoms with Gasteiger partial charge in [0.1, 0.15) is 0 Å². The van der Waals surface area contributed by atoms with Gasteiger partial charge in [-0.1, -0.05) is 20.8 Å². The van der Waals surface area contributed by atoms with E-state index in [4.69, 9.17) is 15.2 Å². The summed E-state index contributed by atoms with van der Waals surface area (Å²) in [5, 5.41) is 0. The van der Waals surface area contributed by atoms with Crippen LogP contribution in [0.4, 0.5) is 5.69 Å². The van der Waals surface area contributed by atoms with Crippen LogP contribution in [0.5, 0.6) is 11.5 Å². The van der Waals surface area contributed by atoms with E-state index in [1.54, 1.807) is 24.1 Å². The maximum atomic E-state index is 12.7. The van der Waals surface area contributed by atoms with Crippen LogP contribution in [0, 0.1) is 5.41 Å². The molecule has 1 aromatic rings. The minimum absolute atomic E-state index is 0.0181. The van der Waals surface area contributed by atoms with Gasteiger partial charge >= 0.3 is 0 Å². The molecule has 1 rings (SSSR count). The van der Waals surface area contributed by atoms with Crippen LogP contribution < -0.4 is 15.2 Å². The molecule has 0 heterocycles. The number of methoxy groups -OCH3 is 2. The van der Waals surface area contributed by atoms with Crippen molar-refractivity contribution in [3.63, 3.8) is 0 Å². The zero-order chi connectivity index (χ0) is 16.4. The number of benzene rings is 1. The number of hydrogen-bond donors (Lipinski definition) is 1. The quantitative estimate of drug-likeness (QED) is 0.867. The van der Waals surface area contributed by atoms with E-state index in [-0.39, 0.29) is 17.4 Å². The number of ether oxygens (including phenoxy) is 2. The first-order valence-electron chi connectivity index (χ1n) is 6.92. The summed E-state index contributed by atoms with van der Waals surface area (Å²) >= 11 is 0. The summed E-state index contributed by atoms with van der Waals surface area (Å²) in [5.74, 6) is 0.876. The Bertz CT molecular complexity index is 521. The van der Waals surface area contributed by atoms with Gasteiger partial charge < -0.3 is 20.1 Å². The van der Waals surface area contributed by atoms with Crippen molar-refractivity contribution in [2.24, 2.45) is 5.41 Å². The van der Waals surface area contributed by atoms with Gasteiger partial charge in [-0.2, -0.15) is 0 Å². The molecule has 1 amide bonds. The van der Waals surface area contributed by atoms with Gasteiger partial charge in [0.05, 0.1) is 19.8 Å². The molecule has 5 heteroatoms. The maximum absolute atomic E-state index is 12.7. The van der Waals surface area contributed by atoms with Crippen molar-refractivity contribution in [3.8, 4) is 11.5 Å². The van der Waals surface area contributed by atoms with Crippen LogP contribution in [0.15, 0.2) is 12.1 Å². The first-order chi connectivity index (χ1) is 9.63. The van der Waals surface area contributed by atoms with Gasteiger partial charge in [-0.15, -0.1) is 0 Å². The van der Waals surface area contributed by atoms with Crippen LogP contribution in [0.3, 0.4) is 0 Å². The molecule has 21 heavy (non-hydrogen) atoms. The lowest BCUT2D eigenvalue weighted by Crippen LogP contribution is -2.43. The summed E-state index contributed by atoms with van der Waals surface area (Å²) in [6.45, 7) is 8.31. The Morgan fingerprint density at radius 1 is 1.19 bits per heavy atom. The minimum atomic E-state index is -0.129. The van der Waals surface area contributed by atoms with E-state index >= 15 is 0 Å². The van der Waals surface area contributed by atoms with Gasteiger partial charge in [0.2, 0.25) is 0 Å². The summed E-state index contributed by atoms with van der Waals surface area (Å²) in [4.78, 5) is 14.4. The summed E-state index contributed by atoms with van der Waals surface area (Å²) in [6, 6.07) is 3.31. The predicted octanol–water partition coefficient (Wildman–Crippen LogP) is 2.79. The highest BCUT2D eigenvalue weighted by Crippen LogP contribution is 2.33. The average molecular weight is 294 g/mol. The molecule has 0 spiro atoms. The Balaban J connectivity index is 3.19. The monoisotopic (exact) mass is 294 g/mol. The van der Waals surface area contributed by atoms with Gasteiger partial charge in [-0.3, -0.25) is 4.79 Å². The summed E-state index contributed by atoms with van der Waals surface area (Å²) < 4.78 is 10.4. The van der Waals surface area contributed by atoms with E-state index in [0.29, 0.717) is 22.7 Å². The van der Waals surface area contributed by atoms with Crippen molar-refractivity contribution >= 4 is 11.6 Å². The van der Waals surface area contributed by atoms with E-state index in [1.165, 1.54) is 14.2 Å². The molecule has 1 aromatic carbocycles. The van der Waals surface area contributed by atoms with Crippen LogP contribution in [-0.2, 0) is 0 Å². The molecule has 0 aliphatic heterocycles. The van der Waals surface area contributed by atoms with Crippen molar-refractivity contribution in [2.45, 2.75) is 33.7 Å². The number of rotatable bonds is 4. The molecule has 1 atom stereocenters. The number of nitrogen functional groups attached to an aromatic ring is 1. The van der Waals surface area contributed by atoms with Crippen molar-refractivity contribution < 1.29 is 14.3 Å². The molecule has 0 bridgehead atoms. The van der Waals surface area contributed by atoms with Crippen molar-refractivity contribution in [1.29, 1.82) is 0 Å². The molecule has 0 aromatic heterocycles. The summed E-state index contributed by atoms with van der Waals surface area (Å²) in [5.41, 5.74) is 6.77. The van der Waals surface area contributed by atoms with Crippen LogP contribution in [0.2, 0.25) is 0 Å². The van der Waals surface area contributed by atoms with Gasteiger partial charge in [-0.05, 0) is 18.4 Å². The normalized spacial score (nSPS) is 12.7. The lowest BCUT2D eigenvalue weighted by atomic mass is 9.87. The molecule has 0 saturated heterocycles. The fourth-order valence-electron chi connectivity index (χ4n) is 2.03. The Morgan fingerprint density at radius 2 is 1.67 bits per heavy atom. The van der Waals surface area contributed by atoms with Crippen molar-refractivity contribution in [2.75, 3.05) is 27.0 Å². The van der Waals surface area contributed by atoms with E-state index in [1.807, 2.05) is 6.92 Å². The fourth-order valence-corrected chi connectivity index (χ4v) is 2.03. The van der Waals surface area contributed by atoms with E-state index in [9.17, 15) is 4.79 Å². The first-order valence-corrected chi connectivity index (χ1v) is 6.92. The SMILES string of the molecule is COc1cc(N)c(C(=O)N(C)C(C)C(C)(C)C)cc1OC. The van der Waals surface area contributed by atoms with Gasteiger partial charge in [0.15, 0.2) is 11.5 Å². The van der Waals surface area contributed by atoms with E-state index < -0.39 is 0 Å². The summed E-state index contributed by atoms with van der Waals surface area (Å²) in [7, 11) is 4.85.